The maximum atomic E-state index is 11.7. The van der Waals surface area contributed by atoms with Crippen LogP contribution in [0, 0.1) is 11.3 Å². The van der Waals surface area contributed by atoms with Crippen molar-refractivity contribution < 1.29 is 9.90 Å². The Balaban J connectivity index is 2.11. The molecule has 0 spiro atoms. The minimum Gasteiger partial charge on any atom is -0.481 e. The van der Waals surface area contributed by atoms with Gasteiger partial charge < -0.3 is 5.11 Å². The average Bonchev–Trinajstić information content (AvgIpc) is 2.84. The van der Waals surface area contributed by atoms with Crippen LogP contribution in [0.15, 0.2) is 0 Å². The lowest BCUT2D eigenvalue weighted by Gasteiger charge is -2.32. The lowest BCUT2D eigenvalue weighted by molar-refractivity contribution is -0.152. The first kappa shape index (κ1) is 14.9. The minimum atomic E-state index is -0.706. The molecule has 1 N–H and O–H groups in total. The highest BCUT2D eigenvalue weighted by atomic mass is 16.4. The first-order chi connectivity index (χ1) is 9.53. The number of carboxylic acids is 1. The molecule has 0 atom stereocenters. The van der Waals surface area contributed by atoms with Gasteiger partial charge in [0.2, 0.25) is 0 Å². The smallest absolute Gasteiger partial charge is 0.311 e. The van der Waals surface area contributed by atoms with E-state index in [9.17, 15) is 9.90 Å². The summed E-state index contributed by atoms with van der Waals surface area (Å²) in [4.78, 5) is 11.7. The van der Waals surface area contributed by atoms with Crippen LogP contribution >= 0.6 is 0 Å². The Labute approximate surface area is 119 Å². The van der Waals surface area contributed by atoms with E-state index < -0.39 is 11.4 Å². The Hall–Kier alpha value is -1.46. The van der Waals surface area contributed by atoms with Crippen molar-refractivity contribution in [2.45, 2.75) is 65.3 Å². The first-order valence-corrected chi connectivity index (χ1v) is 7.52. The molecular formula is C14H24N4O2. The molecule has 1 aromatic heterocycles. The van der Waals surface area contributed by atoms with Gasteiger partial charge in [-0.3, -0.25) is 4.79 Å². The van der Waals surface area contributed by atoms with Gasteiger partial charge in [0.25, 0.3) is 0 Å². The van der Waals surface area contributed by atoms with Crippen LogP contribution in [0.2, 0.25) is 0 Å². The van der Waals surface area contributed by atoms with Crippen molar-refractivity contribution in [3.05, 3.63) is 5.82 Å². The van der Waals surface area contributed by atoms with E-state index >= 15 is 0 Å². The van der Waals surface area contributed by atoms with Crippen LogP contribution < -0.4 is 0 Å². The molecule has 0 radical (unpaired) electrons. The Bertz CT molecular complexity index is 450. The van der Waals surface area contributed by atoms with Crippen LogP contribution in [0.25, 0.3) is 0 Å². The number of carbonyl (C=O) groups is 1. The molecule has 1 aliphatic carbocycles. The zero-order valence-electron chi connectivity index (χ0n) is 12.4. The third-order valence-electron chi connectivity index (χ3n) is 4.27. The molecule has 2 rings (SSSR count). The predicted molar refractivity (Wildman–Crippen MR) is 74.1 cm³/mol. The molecule has 1 fully saturated rings. The summed E-state index contributed by atoms with van der Waals surface area (Å²) >= 11 is 0. The number of carboxylic acid groups (broad SMARTS) is 1. The maximum Gasteiger partial charge on any atom is 0.311 e. The lowest BCUT2D eigenvalue weighted by atomic mass is 9.74. The summed E-state index contributed by atoms with van der Waals surface area (Å²) < 4.78 is 1.71. The van der Waals surface area contributed by atoms with Crippen molar-refractivity contribution in [1.82, 2.24) is 20.2 Å². The summed E-state index contributed by atoms with van der Waals surface area (Å²) in [5.41, 5.74) is -0.680. The summed E-state index contributed by atoms with van der Waals surface area (Å²) in [7, 11) is 0. The fourth-order valence-corrected chi connectivity index (χ4v) is 2.90. The third-order valence-corrected chi connectivity index (χ3v) is 4.27. The van der Waals surface area contributed by atoms with Crippen LogP contribution in [0.1, 0.15) is 58.2 Å². The average molecular weight is 280 g/mol. The van der Waals surface area contributed by atoms with Crippen LogP contribution in [0.5, 0.6) is 0 Å². The molecular weight excluding hydrogens is 256 g/mol. The molecule has 0 aliphatic heterocycles. The number of hydrogen-bond acceptors (Lipinski definition) is 4. The van der Waals surface area contributed by atoms with Crippen molar-refractivity contribution >= 4 is 5.97 Å². The topological polar surface area (TPSA) is 80.9 Å². The van der Waals surface area contributed by atoms with Gasteiger partial charge in [0.05, 0.1) is 12.0 Å². The largest absolute Gasteiger partial charge is 0.481 e. The quantitative estimate of drug-likeness (QED) is 0.864. The maximum absolute atomic E-state index is 11.7. The monoisotopic (exact) mass is 280 g/mol. The van der Waals surface area contributed by atoms with E-state index in [-0.39, 0.29) is 0 Å². The van der Waals surface area contributed by atoms with Gasteiger partial charge in [-0.05, 0) is 35.6 Å². The Kier molecular flexibility index (Phi) is 4.73. The Morgan fingerprint density at radius 2 is 2.05 bits per heavy atom. The van der Waals surface area contributed by atoms with E-state index in [1.807, 2.05) is 0 Å². The lowest BCUT2D eigenvalue weighted by Crippen LogP contribution is -2.38. The zero-order valence-corrected chi connectivity index (χ0v) is 12.4. The fraction of sp³-hybridized carbons (Fsp3) is 0.857. The summed E-state index contributed by atoms with van der Waals surface area (Å²) in [5, 5.41) is 21.4. The molecule has 0 saturated heterocycles. The van der Waals surface area contributed by atoms with Crippen LogP contribution in [0.3, 0.4) is 0 Å². The first-order valence-electron chi connectivity index (χ1n) is 7.52. The van der Waals surface area contributed by atoms with Crippen molar-refractivity contribution in [3.8, 4) is 0 Å². The normalized spacial score (nSPS) is 18.4. The fourth-order valence-electron chi connectivity index (χ4n) is 2.90. The zero-order chi connectivity index (χ0) is 14.6. The molecule has 112 valence electrons. The molecule has 0 aromatic carbocycles. The van der Waals surface area contributed by atoms with Gasteiger partial charge in [-0.15, -0.1) is 5.10 Å². The minimum absolute atomic E-state index is 0.406. The van der Waals surface area contributed by atoms with E-state index in [1.165, 1.54) is 0 Å². The van der Waals surface area contributed by atoms with Gasteiger partial charge in [0.1, 0.15) is 0 Å². The van der Waals surface area contributed by atoms with Gasteiger partial charge >= 0.3 is 5.97 Å². The highest BCUT2D eigenvalue weighted by Gasteiger charge is 2.40. The van der Waals surface area contributed by atoms with Crippen molar-refractivity contribution in [2.75, 3.05) is 0 Å². The molecule has 6 nitrogen and oxygen atoms in total. The summed E-state index contributed by atoms with van der Waals surface area (Å²) in [6, 6.07) is 0. The molecule has 0 unspecified atom stereocenters. The standard InChI is InChI=1S/C14H24N4O2/c1-11(2)6-7-12-15-16-17-18(12)10-14(13(19)20)8-4-3-5-9-14/h11H,3-10H2,1-2H3,(H,19,20). The number of rotatable bonds is 6. The van der Waals surface area contributed by atoms with Gasteiger partial charge in [0.15, 0.2) is 5.82 Å². The van der Waals surface area contributed by atoms with Crippen LogP contribution in [-0.4, -0.2) is 31.3 Å². The SMILES string of the molecule is CC(C)CCc1nnnn1CC1(C(=O)O)CCCCC1. The number of tetrazole rings is 1. The second kappa shape index (κ2) is 6.33. The van der Waals surface area contributed by atoms with E-state index in [0.717, 1.165) is 50.8 Å². The highest BCUT2D eigenvalue weighted by molar-refractivity contribution is 5.74. The van der Waals surface area contributed by atoms with Crippen LogP contribution in [0.4, 0.5) is 0 Å². The van der Waals surface area contributed by atoms with Crippen molar-refractivity contribution in [1.29, 1.82) is 0 Å². The number of aliphatic carboxylic acids is 1. The molecule has 1 saturated carbocycles. The number of hydrogen-bond donors (Lipinski definition) is 1. The van der Waals surface area contributed by atoms with Crippen molar-refractivity contribution in [2.24, 2.45) is 11.3 Å². The second-order valence-corrected chi connectivity index (χ2v) is 6.33. The van der Waals surface area contributed by atoms with Crippen LogP contribution in [-0.2, 0) is 17.8 Å². The van der Waals surface area contributed by atoms with E-state index in [0.29, 0.717) is 12.5 Å². The molecule has 6 heteroatoms. The molecule has 0 amide bonds. The highest BCUT2D eigenvalue weighted by Crippen LogP contribution is 2.38. The molecule has 1 aromatic rings. The molecule has 20 heavy (non-hydrogen) atoms. The Morgan fingerprint density at radius 3 is 2.65 bits per heavy atom. The van der Waals surface area contributed by atoms with Gasteiger partial charge in [-0.1, -0.05) is 33.1 Å². The molecule has 1 heterocycles. The van der Waals surface area contributed by atoms with Gasteiger partial charge in [0, 0.05) is 6.42 Å². The van der Waals surface area contributed by atoms with Gasteiger partial charge in [-0.2, -0.15) is 0 Å². The summed E-state index contributed by atoms with van der Waals surface area (Å²) in [6.45, 7) is 4.73. The number of aromatic nitrogens is 4. The number of nitrogens with zero attached hydrogens (tertiary/aromatic N) is 4. The molecule has 0 bridgehead atoms. The van der Waals surface area contributed by atoms with E-state index in [1.54, 1.807) is 4.68 Å². The predicted octanol–water partition coefficient (Wildman–Crippen LogP) is 2.30. The molecule has 1 aliphatic rings. The Morgan fingerprint density at radius 1 is 1.35 bits per heavy atom. The van der Waals surface area contributed by atoms with Gasteiger partial charge in [-0.25, -0.2) is 4.68 Å². The third kappa shape index (κ3) is 3.35. The van der Waals surface area contributed by atoms with E-state index in [2.05, 4.69) is 29.4 Å². The van der Waals surface area contributed by atoms with Crippen molar-refractivity contribution in [3.63, 3.8) is 0 Å². The second-order valence-electron chi connectivity index (χ2n) is 6.33. The summed E-state index contributed by atoms with van der Waals surface area (Å²) in [6.07, 6.45) is 6.37. The van der Waals surface area contributed by atoms with E-state index in [4.69, 9.17) is 0 Å². The number of aryl methyl sites for hydroxylation is 1. The summed E-state index contributed by atoms with van der Waals surface area (Å²) in [5.74, 6) is 0.690.